The lowest BCUT2D eigenvalue weighted by molar-refractivity contribution is -0.143. The molecule has 0 saturated heterocycles. The maximum absolute atomic E-state index is 14.0. The first kappa shape index (κ1) is 31.9. The van der Waals surface area contributed by atoms with Gasteiger partial charge in [-0.1, -0.05) is 31.5 Å². The molecule has 0 radical (unpaired) electrons. The number of carbonyl (C=O) groups is 4. The van der Waals surface area contributed by atoms with Crippen molar-refractivity contribution < 1.29 is 23.9 Å². The van der Waals surface area contributed by atoms with Gasteiger partial charge in [0.25, 0.3) is 0 Å². The van der Waals surface area contributed by atoms with Crippen LogP contribution in [0.15, 0.2) is 18.2 Å². The van der Waals surface area contributed by atoms with E-state index in [9.17, 15) is 19.2 Å². The maximum atomic E-state index is 14.0. The quantitative estimate of drug-likeness (QED) is 0.407. The highest BCUT2D eigenvalue weighted by Crippen LogP contribution is 2.26. The summed E-state index contributed by atoms with van der Waals surface area (Å²) in [6.07, 6.45) is 0.515. The van der Waals surface area contributed by atoms with E-state index in [1.165, 1.54) is 4.90 Å². The van der Waals surface area contributed by atoms with E-state index in [1.54, 1.807) is 20.8 Å². The van der Waals surface area contributed by atoms with Crippen LogP contribution >= 0.6 is 0 Å². The Balaban J connectivity index is 3.56. The SMILES string of the molecule is CCCCN(C(=O)C(CCC(N)=O)NC(=O)OC(C)(C)C)C(C(=O)NC(C)(C)C)c1ccc(C)c(C)c1. The number of nitrogens with zero attached hydrogens (tertiary/aromatic N) is 1. The maximum Gasteiger partial charge on any atom is 0.408 e. The molecule has 208 valence electrons. The predicted octanol–water partition coefficient (Wildman–Crippen LogP) is 4.05. The molecule has 0 heterocycles. The lowest BCUT2D eigenvalue weighted by Crippen LogP contribution is -2.55. The van der Waals surface area contributed by atoms with Crippen molar-refractivity contribution >= 4 is 23.8 Å². The number of aryl methyl sites for hydroxylation is 2. The van der Waals surface area contributed by atoms with Gasteiger partial charge < -0.3 is 26.0 Å². The summed E-state index contributed by atoms with van der Waals surface area (Å²) in [5, 5.41) is 5.61. The molecule has 1 rings (SSSR count). The third-order valence-electron chi connectivity index (χ3n) is 5.61. The fourth-order valence-electron chi connectivity index (χ4n) is 3.73. The molecule has 1 aromatic carbocycles. The van der Waals surface area contributed by atoms with Crippen LogP contribution in [-0.4, -0.2) is 52.4 Å². The average Bonchev–Trinajstić information content (AvgIpc) is 2.73. The molecule has 1 aromatic rings. The number of nitrogens with two attached hydrogens (primary N) is 1. The summed E-state index contributed by atoms with van der Waals surface area (Å²) in [7, 11) is 0. The Labute approximate surface area is 221 Å². The molecular weight excluding hydrogens is 472 g/mol. The Kier molecular flexibility index (Phi) is 11.6. The number of benzene rings is 1. The van der Waals surface area contributed by atoms with E-state index in [1.807, 2.05) is 59.7 Å². The van der Waals surface area contributed by atoms with Crippen LogP contribution in [0.2, 0.25) is 0 Å². The van der Waals surface area contributed by atoms with E-state index in [2.05, 4.69) is 10.6 Å². The van der Waals surface area contributed by atoms with E-state index >= 15 is 0 Å². The minimum Gasteiger partial charge on any atom is -0.444 e. The van der Waals surface area contributed by atoms with Gasteiger partial charge in [-0.3, -0.25) is 14.4 Å². The zero-order valence-corrected chi connectivity index (χ0v) is 24.0. The fraction of sp³-hybridized carbons (Fsp3) is 0.643. The number of carbonyl (C=O) groups excluding carboxylic acids is 4. The van der Waals surface area contributed by atoms with E-state index in [4.69, 9.17) is 10.5 Å². The van der Waals surface area contributed by atoms with E-state index < -0.39 is 41.1 Å². The van der Waals surface area contributed by atoms with Crippen LogP contribution in [0.1, 0.15) is 96.9 Å². The second-order valence-electron chi connectivity index (χ2n) is 11.6. The second-order valence-corrected chi connectivity index (χ2v) is 11.6. The van der Waals surface area contributed by atoms with Gasteiger partial charge in [-0.05, 0) is 84.9 Å². The summed E-state index contributed by atoms with van der Waals surface area (Å²) < 4.78 is 5.36. The molecule has 0 aliphatic heterocycles. The summed E-state index contributed by atoms with van der Waals surface area (Å²) in [5.74, 6) is -1.40. The number of primary amides is 1. The molecule has 9 nitrogen and oxygen atoms in total. The number of unbranched alkanes of at least 4 members (excludes halogenated alkanes) is 1. The van der Waals surface area contributed by atoms with Crippen LogP contribution in [-0.2, 0) is 19.1 Å². The Bertz CT molecular complexity index is 962. The Hall–Kier alpha value is -3.10. The molecule has 9 heteroatoms. The van der Waals surface area contributed by atoms with Crippen LogP contribution in [0.5, 0.6) is 0 Å². The Morgan fingerprint density at radius 3 is 2.14 bits per heavy atom. The van der Waals surface area contributed by atoms with Gasteiger partial charge in [0.15, 0.2) is 0 Å². The molecule has 0 bridgehead atoms. The highest BCUT2D eigenvalue weighted by molar-refractivity contribution is 5.92. The van der Waals surface area contributed by atoms with Crippen molar-refractivity contribution in [2.24, 2.45) is 5.73 Å². The van der Waals surface area contributed by atoms with Crippen molar-refractivity contribution in [3.05, 3.63) is 34.9 Å². The van der Waals surface area contributed by atoms with Gasteiger partial charge in [-0.15, -0.1) is 0 Å². The minimum atomic E-state index is -1.10. The number of alkyl carbamates (subject to hydrolysis) is 1. The third kappa shape index (κ3) is 11.2. The van der Waals surface area contributed by atoms with E-state index in [-0.39, 0.29) is 25.3 Å². The minimum absolute atomic E-state index is 0.0173. The summed E-state index contributed by atoms with van der Waals surface area (Å²) in [6, 6.07) is 3.65. The molecule has 4 amide bonds. The smallest absolute Gasteiger partial charge is 0.408 e. The summed E-state index contributed by atoms with van der Waals surface area (Å²) in [6.45, 7) is 17.0. The van der Waals surface area contributed by atoms with Crippen LogP contribution in [0.4, 0.5) is 4.79 Å². The zero-order chi connectivity index (χ0) is 28.6. The van der Waals surface area contributed by atoms with Crippen LogP contribution in [0, 0.1) is 13.8 Å². The standard InChI is InChI=1S/C28H46N4O5/c1-10-11-16-32(25(35)21(14-15-22(29)33)30-26(36)37-28(7,8)9)23(24(34)31-27(4,5)6)20-13-12-18(2)19(3)17-20/h12-13,17,21,23H,10-11,14-16H2,1-9H3,(H2,29,33)(H,30,36)(H,31,34). The highest BCUT2D eigenvalue weighted by Gasteiger charge is 2.37. The molecule has 0 fully saturated rings. The number of ether oxygens (including phenoxy) is 1. The normalized spacial score (nSPS) is 13.3. The first-order chi connectivity index (χ1) is 16.9. The van der Waals surface area contributed by atoms with Gasteiger partial charge in [0.05, 0.1) is 0 Å². The van der Waals surface area contributed by atoms with Crippen molar-refractivity contribution in [2.75, 3.05) is 6.54 Å². The first-order valence-corrected chi connectivity index (χ1v) is 12.9. The number of hydrogen-bond donors (Lipinski definition) is 3. The topological polar surface area (TPSA) is 131 Å². The van der Waals surface area contributed by atoms with Crippen molar-refractivity contribution in [1.29, 1.82) is 0 Å². The van der Waals surface area contributed by atoms with Crippen molar-refractivity contribution in [3.8, 4) is 0 Å². The molecule has 0 saturated carbocycles. The average molecular weight is 519 g/mol. The molecular formula is C28H46N4O5. The van der Waals surface area contributed by atoms with Crippen LogP contribution in [0.25, 0.3) is 0 Å². The molecule has 37 heavy (non-hydrogen) atoms. The lowest BCUT2D eigenvalue weighted by atomic mass is 9.96. The van der Waals surface area contributed by atoms with Gasteiger partial charge in [0.2, 0.25) is 17.7 Å². The third-order valence-corrected chi connectivity index (χ3v) is 5.61. The second kappa shape index (κ2) is 13.4. The number of nitrogens with one attached hydrogen (secondary N) is 2. The Morgan fingerprint density at radius 1 is 1.03 bits per heavy atom. The lowest BCUT2D eigenvalue weighted by Gasteiger charge is -2.36. The fourth-order valence-corrected chi connectivity index (χ4v) is 3.73. The highest BCUT2D eigenvalue weighted by atomic mass is 16.6. The molecule has 0 spiro atoms. The van der Waals surface area contributed by atoms with Gasteiger partial charge in [0.1, 0.15) is 17.7 Å². The molecule has 0 aromatic heterocycles. The molecule has 4 N–H and O–H groups in total. The summed E-state index contributed by atoms with van der Waals surface area (Å²) >= 11 is 0. The molecule has 0 aliphatic rings. The zero-order valence-electron chi connectivity index (χ0n) is 24.0. The molecule has 2 unspecified atom stereocenters. The van der Waals surface area contributed by atoms with Gasteiger partial charge in [-0.25, -0.2) is 4.79 Å². The van der Waals surface area contributed by atoms with E-state index in [0.29, 0.717) is 12.0 Å². The van der Waals surface area contributed by atoms with Gasteiger partial charge in [-0.2, -0.15) is 0 Å². The number of amides is 4. The molecule has 2 atom stereocenters. The number of hydrogen-bond acceptors (Lipinski definition) is 5. The largest absolute Gasteiger partial charge is 0.444 e. The first-order valence-electron chi connectivity index (χ1n) is 12.9. The van der Waals surface area contributed by atoms with Crippen molar-refractivity contribution in [1.82, 2.24) is 15.5 Å². The number of rotatable bonds is 11. The molecule has 0 aliphatic carbocycles. The Morgan fingerprint density at radius 2 is 1.65 bits per heavy atom. The van der Waals surface area contributed by atoms with E-state index in [0.717, 1.165) is 17.5 Å². The monoisotopic (exact) mass is 518 g/mol. The predicted molar refractivity (Wildman–Crippen MR) is 145 cm³/mol. The summed E-state index contributed by atoms with van der Waals surface area (Å²) in [4.78, 5) is 53.4. The van der Waals surface area contributed by atoms with Crippen molar-refractivity contribution in [3.63, 3.8) is 0 Å². The van der Waals surface area contributed by atoms with Gasteiger partial charge in [0, 0.05) is 18.5 Å². The van der Waals surface area contributed by atoms with Gasteiger partial charge >= 0.3 is 6.09 Å². The summed E-state index contributed by atoms with van der Waals surface area (Å²) in [5.41, 5.74) is 6.77. The van der Waals surface area contributed by atoms with Crippen LogP contribution in [0.3, 0.4) is 0 Å². The van der Waals surface area contributed by atoms with Crippen molar-refractivity contribution in [2.45, 2.75) is 111 Å². The van der Waals surface area contributed by atoms with Crippen LogP contribution < -0.4 is 16.4 Å².